The zero-order valence-electron chi connectivity index (χ0n) is 13.8. The Morgan fingerprint density at radius 1 is 1.11 bits per heavy atom. The van der Waals surface area contributed by atoms with Gasteiger partial charge in [-0.1, -0.05) is 0 Å². The van der Waals surface area contributed by atoms with Crippen LogP contribution in [0, 0.1) is 0 Å². The van der Waals surface area contributed by atoms with Crippen molar-refractivity contribution in [1.29, 1.82) is 0 Å². The summed E-state index contributed by atoms with van der Waals surface area (Å²) in [5, 5.41) is 2.42. The summed E-state index contributed by atoms with van der Waals surface area (Å²) in [6.45, 7) is 0. The van der Waals surface area contributed by atoms with Crippen LogP contribution in [0.1, 0.15) is 16.2 Å². The number of alkyl halides is 3. The summed E-state index contributed by atoms with van der Waals surface area (Å²) in [4.78, 5) is 31.9. The van der Waals surface area contributed by atoms with Crippen molar-refractivity contribution >= 4 is 28.0 Å². The molecule has 2 heterocycles. The van der Waals surface area contributed by atoms with Gasteiger partial charge in [-0.25, -0.2) is 9.78 Å². The molecule has 0 atom stereocenters. The molecule has 4 rings (SSSR count). The van der Waals surface area contributed by atoms with E-state index in [1.54, 1.807) is 0 Å². The van der Waals surface area contributed by atoms with Crippen molar-refractivity contribution in [2.75, 3.05) is 7.05 Å². The maximum Gasteiger partial charge on any atom is 0.450 e. The molecule has 0 spiro atoms. The molecular weight excluding hydrogens is 363 g/mol. The van der Waals surface area contributed by atoms with Crippen LogP contribution in [0.5, 0.6) is 0 Å². The number of aromatic amines is 2. The van der Waals surface area contributed by atoms with Crippen LogP contribution in [0.25, 0.3) is 27.8 Å². The molecule has 0 aliphatic rings. The Kier molecular flexibility index (Phi) is 3.58. The molecule has 4 aromatic rings. The Labute approximate surface area is 148 Å². The van der Waals surface area contributed by atoms with E-state index in [1.165, 1.54) is 43.4 Å². The van der Waals surface area contributed by atoms with Gasteiger partial charge in [-0.2, -0.15) is 13.2 Å². The van der Waals surface area contributed by atoms with E-state index >= 15 is 0 Å². The second kappa shape index (κ2) is 5.73. The number of hydrogen-bond donors (Lipinski definition) is 3. The van der Waals surface area contributed by atoms with Gasteiger partial charge in [-0.15, -0.1) is 0 Å². The smallest absolute Gasteiger partial charge is 0.355 e. The molecule has 0 saturated carbocycles. The standard InChI is InChI=1S/C17H12F3N5O2/c1-21-14(26)8-2-5-13-12(6-8)22-15(17(18,19)20)25(13)9-3-4-10-11(7-9)24-16(27)23-10/h2-7H,1H3,(H,21,26)(H2,23,24,27). The van der Waals surface area contributed by atoms with Gasteiger partial charge in [0.15, 0.2) is 0 Å². The quantitative estimate of drug-likeness (QED) is 0.503. The Morgan fingerprint density at radius 2 is 1.85 bits per heavy atom. The van der Waals surface area contributed by atoms with E-state index in [1.807, 2.05) is 0 Å². The molecule has 0 bridgehead atoms. The topological polar surface area (TPSA) is 95.6 Å². The average molecular weight is 375 g/mol. The molecule has 10 heteroatoms. The first-order chi connectivity index (χ1) is 12.8. The van der Waals surface area contributed by atoms with Gasteiger partial charge in [-0.05, 0) is 36.4 Å². The van der Waals surface area contributed by atoms with Crippen LogP contribution in [-0.4, -0.2) is 32.5 Å². The summed E-state index contributed by atoms with van der Waals surface area (Å²) < 4.78 is 41.7. The second-order valence-electron chi connectivity index (χ2n) is 5.86. The molecule has 0 aliphatic heterocycles. The molecule has 2 aromatic heterocycles. The lowest BCUT2D eigenvalue weighted by Gasteiger charge is -2.11. The first kappa shape index (κ1) is 16.9. The average Bonchev–Trinajstić information content (AvgIpc) is 3.18. The molecule has 0 radical (unpaired) electrons. The van der Waals surface area contributed by atoms with Crippen molar-refractivity contribution in [3.8, 4) is 5.69 Å². The van der Waals surface area contributed by atoms with Crippen molar-refractivity contribution in [2.24, 2.45) is 0 Å². The molecule has 0 fully saturated rings. The molecule has 138 valence electrons. The Morgan fingerprint density at radius 3 is 2.56 bits per heavy atom. The molecule has 0 unspecified atom stereocenters. The van der Waals surface area contributed by atoms with Gasteiger partial charge >= 0.3 is 11.9 Å². The largest absolute Gasteiger partial charge is 0.450 e. The van der Waals surface area contributed by atoms with Crippen LogP contribution < -0.4 is 11.0 Å². The van der Waals surface area contributed by atoms with Crippen LogP contribution in [0.3, 0.4) is 0 Å². The number of halogens is 3. The fraction of sp³-hybridized carbons (Fsp3) is 0.118. The van der Waals surface area contributed by atoms with E-state index in [0.717, 1.165) is 4.57 Å². The Balaban J connectivity index is 2.01. The lowest BCUT2D eigenvalue weighted by atomic mass is 10.2. The molecular formula is C17H12F3N5O2. The highest BCUT2D eigenvalue weighted by Gasteiger charge is 2.38. The molecule has 7 nitrogen and oxygen atoms in total. The lowest BCUT2D eigenvalue weighted by molar-refractivity contribution is -0.145. The fourth-order valence-electron chi connectivity index (χ4n) is 2.98. The van der Waals surface area contributed by atoms with Gasteiger partial charge in [0.1, 0.15) is 0 Å². The highest BCUT2D eigenvalue weighted by molar-refractivity contribution is 5.97. The fourth-order valence-corrected chi connectivity index (χ4v) is 2.98. The van der Waals surface area contributed by atoms with Gasteiger partial charge in [0.2, 0.25) is 5.82 Å². The van der Waals surface area contributed by atoms with Crippen LogP contribution >= 0.6 is 0 Å². The number of rotatable bonds is 2. The third kappa shape index (κ3) is 2.75. The number of fused-ring (bicyclic) bond motifs is 2. The van der Waals surface area contributed by atoms with E-state index in [0.29, 0.717) is 11.0 Å². The summed E-state index contributed by atoms with van der Waals surface area (Å²) in [6.07, 6.45) is -4.72. The molecule has 3 N–H and O–H groups in total. The second-order valence-corrected chi connectivity index (χ2v) is 5.86. The predicted octanol–water partition coefficient (Wildman–Crippen LogP) is 2.57. The number of imidazole rings is 2. The van der Waals surface area contributed by atoms with E-state index in [-0.39, 0.29) is 22.3 Å². The van der Waals surface area contributed by atoms with Crippen LogP contribution in [0.15, 0.2) is 41.2 Å². The summed E-state index contributed by atoms with van der Waals surface area (Å²) in [5.41, 5.74) is 0.995. The van der Waals surface area contributed by atoms with Crippen LogP contribution in [-0.2, 0) is 6.18 Å². The normalized spacial score (nSPS) is 12.0. The molecule has 0 aliphatic carbocycles. The van der Waals surface area contributed by atoms with E-state index in [9.17, 15) is 22.8 Å². The first-order valence-electron chi connectivity index (χ1n) is 7.82. The Hall–Kier alpha value is -3.56. The number of nitrogens with zero attached hydrogens (tertiary/aromatic N) is 2. The van der Waals surface area contributed by atoms with E-state index in [4.69, 9.17) is 0 Å². The summed E-state index contributed by atoms with van der Waals surface area (Å²) in [6, 6.07) is 8.53. The Bertz CT molecular complexity index is 1250. The number of amides is 1. The monoisotopic (exact) mass is 375 g/mol. The van der Waals surface area contributed by atoms with Crippen LogP contribution in [0.4, 0.5) is 13.2 Å². The maximum absolute atomic E-state index is 13.6. The molecule has 0 saturated heterocycles. The van der Waals surface area contributed by atoms with E-state index < -0.39 is 23.6 Å². The third-order valence-electron chi connectivity index (χ3n) is 4.16. The van der Waals surface area contributed by atoms with Crippen LogP contribution in [0.2, 0.25) is 0 Å². The minimum atomic E-state index is -4.72. The van der Waals surface area contributed by atoms with Crippen molar-refractivity contribution in [2.45, 2.75) is 6.18 Å². The number of benzene rings is 2. The molecule has 2 aromatic carbocycles. The minimum Gasteiger partial charge on any atom is -0.355 e. The number of hydrogen-bond acceptors (Lipinski definition) is 3. The van der Waals surface area contributed by atoms with Gasteiger partial charge in [0.05, 0.1) is 22.1 Å². The van der Waals surface area contributed by atoms with Crippen molar-refractivity contribution in [3.63, 3.8) is 0 Å². The number of H-pyrrole nitrogens is 2. The lowest BCUT2D eigenvalue weighted by Crippen LogP contribution is -2.17. The number of carbonyl (C=O) groups is 1. The summed E-state index contributed by atoms with van der Waals surface area (Å²) in [7, 11) is 1.43. The van der Waals surface area contributed by atoms with Gasteiger partial charge in [0.25, 0.3) is 5.91 Å². The van der Waals surface area contributed by atoms with Crippen molar-refractivity contribution < 1.29 is 18.0 Å². The third-order valence-corrected chi connectivity index (χ3v) is 4.16. The zero-order chi connectivity index (χ0) is 19.3. The highest BCUT2D eigenvalue weighted by atomic mass is 19.4. The van der Waals surface area contributed by atoms with Gasteiger partial charge in [0, 0.05) is 18.3 Å². The number of nitrogens with one attached hydrogen (secondary N) is 3. The van der Waals surface area contributed by atoms with Gasteiger partial charge < -0.3 is 15.3 Å². The zero-order valence-corrected chi connectivity index (χ0v) is 13.8. The molecule has 1 amide bonds. The minimum absolute atomic E-state index is 0.0334. The van der Waals surface area contributed by atoms with Crippen molar-refractivity contribution in [1.82, 2.24) is 24.8 Å². The summed E-state index contributed by atoms with van der Waals surface area (Å²) in [5.74, 6) is -1.55. The van der Waals surface area contributed by atoms with Gasteiger partial charge in [-0.3, -0.25) is 9.36 Å². The van der Waals surface area contributed by atoms with E-state index in [2.05, 4.69) is 20.3 Å². The maximum atomic E-state index is 13.6. The number of aromatic nitrogens is 4. The first-order valence-corrected chi connectivity index (χ1v) is 7.82. The summed E-state index contributed by atoms with van der Waals surface area (Å²) >= 11 is 0. The van der Waals surface area contributed by atoms with Crippen molar-refractivity contribution in [3.05, 3.63) is 58.3 Å². The number of carbonyl (C=O) groups excluding carboxylic acids is 1. The predicted molar refractivity (Wildman–Crippen MR) is 91.9 cm³/mol. The SMILES string of the molecule is CNC(=O)c1ccc2c(c1)nc(C(F)(F)F)n2-c1ccc2[nH]c(=O)[nH]c2c1. The molecule has 27 heavy (non-hydrogen) atoms. The highest BCUT2D eigenvalue weighted by Crippen LogP contribution is 2.34.